The van der Waals surface area contributed by atoms with Crippen LogP contribution in [-0.2, 0) is 19.1 Å². The number of nitrogens with two attached hydrogens (primary N) is 1. The van der Waals surface area contributed by atoms with E-state index in [-0.39, 0.29) is 39.5 Å². The van der Waals surface area contributed by atoms with Gasteiger partial charge in [-0.05, 0) is 90.4 Å². The van der Waals surface area contributed by atoms with Crippen molar-refractivity contribution in [1.29, 1.82) is 0 Å². The van der Waals surface area contributed by atoms with Crippen molar-refractivity contribution in [3.8, 4) is 0 Å². The fourth-order valence-electron chi connectivity index (χ4n) is 7.56. The Bertz CT molecular complexity index is 1030. The first-order valence-electron chi connectivity index (χ1n) is 14.0. The first-order valence-corrected chi connectivity index (χ1v) is 14.0. The highest BCUT2D eigenvalue weighted by Gasteiger charge is 2.56. The number of ketones is 1. The predicted molar refractivity (Wildman–Crippen MR) is 139 cm³/mol. The lowest BCUT2D eigenvalue weighted by Gasteiger charge is -2.37. The molecular formula is C29H43N3O5. The zero-order chi connectivity index (χ0) is 26.7. The normalized spacial score (nSPS) is 33.7. The molecule has 2 N–H and O–H groups in total. The molecule has 4 fully saturated rings. The predicted octanol–water partition coefficient (Wildman–Crippen LogP) is 4.86. The molecule has 0 saturated heterocycles. The Labute approximate surface area is 220 Å². The van der Waals surface area contributed by atoms with E-state index in [4.69, 9.17) is 15.2 Å². The lowest BCUT2D eigenvalue weighted by atomic mass is 9.67. The third kappa shape index (κ3) is 5.74. The van der Waals surface area contributed by atoms with Crippen molar-refractivity contribution in [2.75, 3.05) is 13.2 Å². The summed E-state index contributed by atoms with van der Waals surface area (Å²) in [5, 5.41) is 0. The minimum atomic E-state index is -0.354. The zero-order valence-electron chi connectivity index (χ0n) is 22.8. The van der Waals surface area contributed by atoms with E-state index in [2.05, 4.69) is 9.97 Å². The Morgan fingerprint density at radius 1 is 0.838 bits per heavy atom. The lowest BCUT2D eigenvalue weighted by molar-refractivity contribution is -0.157. The molecule has 0 aliphatic heterocycles. The molecule has 0 radical (unpaired) electrons. The number of rotatable bonds is 7. The fraction of sp³-hybridized carbons (Fsp3) is 0.759. The first-order chi connectivity index (χ1) is 17.6. The number of hydrogen-bond acceptors (Lipinski definition) is 8. The lowest BCUT2D eigenvalue weighted by Crippen LogP contribution is -2.44. The number of esters is 2. The average Bonchev–Trinajstić information content (AvgIpc) is 3.28. The average molecular weight is 514 g/mol. The Balaban J connectivity index is 0.000000195. The van der Waals surface area contributed by atoms with Gasteiger partial charge in [-0.25, -0.2) is 4.98 Å². The number of fused-ring (bicyclic) bond motifs is 4. The number of aryl methyl sites for hydroxylation is 1. The molecule has 0 amide bonds. The largest absolute Gasteiger partial charge is 0.466 e. The van der Waals surface area contributed by atoms with Crippen LogP contribution >= 0.6 is 0 Å². The molecule has 1 heterocycles. The number of hydrogen-bond donors (Lipinski definition) is 1. The van der Waals surface area contributed by atoms with Crippen LogP contribution in [0, 0.1) is 23.2 Å². The van der Waals surface area contributed by atoms with Crippen molar-refractivity contribution in [3.63, 3.8) is 0 Å². The third-order valence-electron chi connectivity index (χ3n) is 9.32. The van der Waals surface area contributed by atoms with Gasteiger partial charge in [0.15, 0.2) is 5.78 Å². The van der Waals surface area contributed by atoms with Crippen molar-refractivity contribution >= 4 is 17.7 Å². The van der Waals surface area contributed by atoms with Crippen LogP contribution in [0.1, 0.15) is 114 Å². The van der Waals surface area contributed by atoms with Gasteiger partial charge >= 0.3 is 11.9 Å². The summed E-state index contributed by atoms with van der Waals surface area (Å²) in [5.41, 5.74) is 6.71. The van der Waals surface area contributed by atoms with Gasteiger partial charge in [-0.1, -0.05) is 12.8 Å². The van der Waals surface area contributed by atoms with Crippen LogP contribution in [0.15, 0.2) is 12.4 Å². The number of ether oxygens (including phenoxy) is 2. The summed E-state index contributed by atoms with van der Waals surface area (Å²) in [7, 11) is 0. The second-order valence-electron chi connectivity index (χ2n) is 12.1. The third-order valence-corrected chi connectivity index (χ3v) is 9.32. The molecule has 4 bridgehead atoms. The maximum atomic E-state index is 12.6. The molecule has 4 aliphatic carbocycles. The standard InChI is InChI=1S/C18H24N2O3.C11H19NO2/c1-3-23-16(22)18-6-4-5-17(12-18,7-8-18)9-15(21)14-11-19-10-13(2)20-14;1-2-14-9(13)10-4-3-5-11(12,8-10)7-6-10/h10-11H,3-9,12H2,1-2H3;2-8,12H2,1H3. The summed E-state index contributed by atoms with van der Waals surface area (Å²) < 4.78 is 10.5. The summed E-state index contributed by atoms with van der Waals surface area (Å²) >= 11 is 0. The molecule has 0 spiro atoms. The maximum Gasteiger partial charge on any atom is 0.312 e. The molecule has 5 rings (SSSR count). The smallest absolute Gasteiger partial charge is 0.312 e. The SMILES string of the molecule is CCOC(=O)C12CCCC(CC(=O)c3cncc(C)n3)(CC1)C2.CCOC(=O)C12CCCC(N)(CC1)C2. The molecule has 8 heteroatoms. The molecule has 1 aromatic rings. The first kappa shape index (κ1) is 27.7. The number of Topliss-reactive ketones (excluding diaryl/α,β-unsaturated/α-hetero) is 1. The van der Waals surface area contributed by atoms with Crippen molar-refractivity contribution in [3.05, 3.63) is 23.8 Å². The molecular weight excluding hydrogens is 470 g/mol. The molecule has 204 valence electrons. The van der Waals surface area contributed by atoms with Gasteiger partial charge in [0.25, 0.3) is 0 Å². The summed E-state index contributed by atoms with van der Waals surface area (Å²) in [4.78, 5) is 45.2. The van der Waals surface area contributed by atoms with Crippen molar-refractivity contribution in [2.24, 2.45) is 22.0 Å². The summed E-state index contributed by atoms with van der Waals surface area (Å²) in [6, 6.07) is 0. The Hall–Kier alpha value is -2.35. The van der Waals surface area contributed by atoms with Gasteiger partial charge in [0.2, 0.25) is 0 Å². The number of nitrogens with zero attached hydrogens (tertiary/aromatic N) is 2. The number of aromatic nitrogens is 2. The van der Waals surface area contributed by atoms with Crippen molar-refractivity contribution in [2.45, 2.75) is 110 Å². The zero-order valence-corrected chi connectivity index (χ0v) is 22.8. The van der Waals surface area contributed by atoms with E-state index in [9.17, 15) is 14.4 Å². The highest BCUT2D eigenvalue weighted by molar-refractivity contribution is 5.94. The second kappa shape index (κ2) is 10.8. The van der Waals surface area contributed by atoms with Gasteiger partial charge in [0.1, 0.15) is 5.69 Å². The number of carbonyl (C=O) groups is 3. The van der Waals surface area contributed by atoms with Crippen LogP contribution in [0.25, 0.3) is 0 Å². The van der Waals surface area contributed by atoms with E-state index in [0.717, 1.165) is 82.7 Å². The fourth-order valence-corrected chi connectivity index (χ4v) is 7.56. The molecule has 8 nitrogen and oxygen atoms in total. The quantitative estimate of drug-likeness (QED) is 0.405. The van der Waals surface area contributed by atoms with E-state index < -0.39 is 0 Å². The summed E-state index contributed by atoms with van der Waals surface area (Å²) in [5.74, 6) is -0.0286. The van der Waals surface area contributed by atoms with Crippen LogP contribution in [0.4, 0.5) is 0 Å². The Morgan fingerprint density at radius 3 is 2.11 bits per heavy atom. The van der Waals surface area contributed by atoms with Gasteiger partial charge in [-0.15, -0.1) is 0 Å². The molecule has 4 unspecified atom stereocenters. The van der Waals surface area contributed by atoms with Crippen LogP contribution < -0.4 is 5.73 Å². The van der Waals surface area contributed by atoms with E-state index in [1.165, 1.54) is 0 Å². The highest BCUT2D eigenvalue weighted by Crippen LogP contribution is 2.60. The van der Waals surface area contributed by atoms with Gasteiger partial charge in [-0.3, -0.25) is 19.4 Å². The van der Waals surface area contributed by atoms with Crippen LogP contribution in [0.5, 0.6) is 0 Å². The second-order valence-corrected chi connectivity index (χ2v) is 12.1. The minimum Gasteiger partial charge on any atom is -0.466 e. The molecule has 1 aromatic heterocycles. The minimum absolute atomic E-state index is 0.00738. The maximum absolute atomic E-state index is 12.6. The molecule has 4 saturated carbocycles. The van der Waals surface area contributed by atoms with Gasteiger partial charge in [0, 0.05) is 18.2 Å². The van der Waals surface area contributed by atoms with Crippen molar-refractivity contribution < 1.29 is 23.9 Å². The van der Waals surface area contributed by atoms with E-state index >= 15 is 0 Å². The van der Waals surface area contributed by atoms with E-state index in [0.29, 0.717) is 25.3 Å². The molecule has 4 atom stereocenters. The van der Waals surface area contributed by atoms with E-state index in [1.54, 1.807) is 12.4 Å². The Morgan fingerprint density at radius 2 is 1.46 bits per heavy atom. The Kier molecular flexibility index (Phi) is 8.07. The monoisotopic (exact) mass is 513 g/mol. The summed E-state index contributed by atoms with van der Waals surface area (Å²) in [6.45, 7) is 6.45. The summed E-state index contributed by atoms with van der Waals surface area (Å²) in [6.07, 6.45) is 15.0. The van der Waals surface area contributed by atoms with Gasteiger partial charge in [0.05, 0.1) is 35.9 Å². The van der Waals surface area contributed by atoms with Crippen LogP contribution in [-0.4, -0.2) is 46.4 Å². The van der Waals surface area contributed by atoms with Gasteiger partial charge < -0.3 is 15.2 Å². The highest BCUT2D eigenvalue weighted by atomic mass is 16.5. The topological polar surface area (TPSA) is 121 Å². The van der Waals surface area contributed by atoms with Crippen molar-refractivity contribution in [1.82, 2.24) is 9.97 Å². The van der Waals surface area contributed by atoms with Crippen LogP contribution in [0.2, 0.25) is 0 Å². The van der Waals surface area contributed by atoms with Crippen LogP contribution in [0.3, 0.4) is 0 Å². The molecule has 4 aliphatic rings. The van der Waals surface area contributed by atoms with E-state index in [1.807, 2.05) is 20.8 Å². The molecule has 37 heavy (non-hydrogen) atoms. The number of carbonyl (C=O) groups excluding carboxylic acids is 3. The van der Waals surface area contributed by atoms with Gasteiger partial charge in [-0.2, -0.15) is 0 Å². The molecule has 0 aromatic carbocycles.